The molecule has 1 aromatic rings. The molecule has 0 spiro atoms. The maximum atomic E-state index is 5.31. The lowest BCUT2D eigenvalue weighted by Crippen LogP contribution is -1.95. The molecule has 2 nitrogen and oxygen atoms in total. The first-order valence-corrected chi connectivity index (χ1v) is 4.19. The molecule has 1 aromatic carbocycles. The van der Waals surface area contributed by atoms with E-state index in [0.29, 0.717) is 13.2 Å². The van der Waals surface area contributed by atoms with Crippen LogP contribution in [-0.2, 0) is 11.3 Å². The molecular weight excluding hydrogens is 164 g/mol. The van der Waals surface area contributed by atoms with Crippen LogP contribution in [-0.4, -0.2) is 13.7 Å². The molecule has 0 amide bonds. The van der Waals surface area contributed by atoms with Crippen LogP contribution in [0, 0.1) is 0 Å². The fourth-order valence-electron chi connectivity index (χ4n) is 1.07. The van der Waals surface area contributed by atoms with Crippen molar-refractivity contribution in [3.63, 3.8) is 0 Å². The molecule has 0 atom stereocenters. The van der Waals surface area contributed by atoms with Gasteiger partial charge in [-0.3, -0.25) is 0 Å². The van der Waals surface area contributed by atoms with Gasteiger partial charge in [0, 0.05) is 5.56 Å². The SMILES string of the molecule is C=CCOCc1ccccc1OC. The van der Waals surface area contributed by atoms with Crippen molar-refractivity contribution < 1.29 is 9.47 Å². The number of benzene rings is 1. The predicted molar refractivity (Wildman–Crippen MR) is 52.8 cm³/mol. The Balaban J connectivity index is 2.58. The second kappa shape index (κ2) is 5.38. The van der Waals surface area contributed by atoms with Crippen LogP contribution in [0.15, 0.2) is 36.9 Å². The van der Waals surface area contributed by atoms with Crippen LogP contribution in [0.4, 0.5) is 0 Å². The average Bonchev–Trinajstić information content (AvgIpc) is 2.19. The number of hydrogen-bond donors (Lipinski definition) is 0. The van der Waals surface area contributed by atoms with Gasteiger partial charge in [0.25, 0.3) is 0 Å². The molecule has 0 bridgehead atoms. The number of ether oxygens (including phenoxy) is 2. The largest absolute Gasteiger partial charge is 0.496 e. The minimum atomic E-state index is 0.566. The Morgan fingerprint density at radius 1 is 1.38 bits per heavy atom. The van der Waals surface area contributed by atoms with E-state index in [1.165, 1.54) is 0 Å². The molecule has 1 rings (SSSR count). The van der Waals surface area contributed by atoms with Gasteiger partial charge in [-0.1, -0.05) is 24.3 Å². The van der Waals surface area contributed by atoms with E-state index in [2.05, 4.69) is 6.58 Å². The zero-order chi connectivity index (χ0) is 9.52. The van der Waals surface area contributed by atoms with Crippen LogP contribution in [0.3, 0.4) is 0 Å². The van der Waals surface area contributed by atoms with Crippen molar-refractivity contribution in [1.82, 2.24) is 0 Å². The maximum Gasteiger partial charge on any atom is 0.124 e. The Morgan fingerprint density at radius 3 is 2.85 bits per heavy atom. The van der Waals surface area contributed by atoms with E-state index < -0.39 is 0 Å². The lowest BCUT2D eigenvalue weighted by molar-refractivity contribution is 0.146. The molecule has 70 valence electrons. The summed E-state index contributed by atoms with van der Waals surface area (Å²) in [6.45, 7) is 4.71. The first kappa shape index (κ1) is 9.81. The quantitative estimate of drug-likeness (QED) is 0.509. The number of rotatable bonds is 5. The smallest absolute Gasteiger partial charge is 0.124 e. The van der Waals surface area contributed by atoms with Gasteiger partial charge in [-0.2, -0.15) is 0 Å². The van der Waals surface area contributed by atoms with Crippen molar-refractivity contribution in [2.75, 3.05) is 13.7 Å². The van der Waals surface area contributed by atoms with Crippen LogP contribution in [0.1, 0.15) is 5.56 Å². The average molecular weight is 178 g/mol. The van der Waals surface area contributed by atoms with Gasteiger partial charge in [-0.25, -0.2) is 0 Å². The van der Waals surface area contributed by atoms with Crippen molar-refractivity contribution in [1.29, 1.82) is 0 Å². The molecule has 0 radical (unpaired) electrons. The number of hydrogen-bond acceptors (Lipinski definition) is 2. The molecule has 2 heteroatoms. The number of methoxy groups -OCH3 is 1. The summed E-state index contributed by atoms with van der Waals surface area (Å²) >= 11 is 0. The van der Waals surface area contributed by atoms with Gasteiger partial charge in [0.15, 0.2) is 0 Å². The Morgan fingerprint density at radius 2 is 2.15 bits per heavy atom. The molecule has 0 unspecified atom stereocenters. The van der Waals surface area contributed by atoms with Gasteiger partial charge in [-0.15, -0.1) is 6.58 Å². The van der Waals surface area contributed by atoms with Gasteiger partial charge >= 0.3 is 0 Å². The van der Waals surface area contributed by atoms with Crippen molar-refractivity contribution in [2.24, 2.45) is 0 Å². The second-order valence-corrected chi connectivity index (χ2v) is 2.62. The van der Waals surface area contributed by atoms with Gasteiger partial charge in [0.05, 0.1) is 20.3 Å². The Bertz CT molecular complexity index is 269. The molecule has 0 aliphatic carbocycles. The van der Waals surface area contributed by atoms with E-state index in [4.69, 9.17) is 9.47 Å². The summed E-state index contributed by atoms with van der Waals surface area (Å²) in [5, 5.41) is 0. The molecule has 0 aliphatic rings. The molecule has 0 fully saturated rings. The minimum absolute atomic E-state index is 0.566. The van der Waals surface area contributed by atoms with E-state index in [1.807, 2.05) is 24.3 Å². The maximum absolute atomic E-state index is 5.31. The third-order valence-corrected chi connectivity index (χ3v) is 1.69. The molecular formula is C11H14O2. The minimum Gasteiger partial charge on any atom is -0.496 e. The summed E-state index contributed by atoms with van der Waals surface area (Å²) in [7, 11) is 1.66. The summed E-state index contributed by atoms with van der Waals surface area (Å²) in [4.78, 5) is 0. The molecule has 0 saturated carbocycles. The Labute approximate surface area is 78.8 Å². The normalized spacial score (nSPS) is 9.62. The lowest BCUT2D eigenvalue weighted by atomic mass is 10.2. The van der Waals surface area contributed by atoms with E-state index in [-0.39, 0.29) is 0 Å². The first-order chi connectivity index (χ1) is 6.38. The summed E-state index contributed by atoms with van der Waals surface area (Å²) in [6, 6.07) is 7.82. The molecule has 0 heterocycles. The highest BCUT2D eigenvalue weighted by Crippen LogP contribution is 2.17. The van der Waals surface area contributed by atoms with E-state index in [9.17, 15) is 0 Å². The third kappa shape index (κ3) is 2.92. The molecule has 0 saturated heterocycles. The fraction of sp³-hybridized carbons (Fsp3) is 0.273. The molecule has 13 heavy (non-hydrogen) atoms. The highest BCUT2D eigenvalue weighted by atomic mass is 16.5. The standard InChI is InChI=1S/C11H14O2/c1-3-8-13-9-10-6-4-5-7-11(10)12-2/h3-7H,1,8-9H2,2H3. The van der Waals surface area contributed by atoms with Crippen molar-refractivity contribution >= 4 is 0 Å². The van der Waals surface area contributed by atoms with Crippen LogP contribution < -0.4 is 4.74 Å². The van der Waals surface area contributed by atoms with E-state index in [0.717, 1.165) is 11.3 Å². The Hall–Kier alpha value is -1.28. The first-order valence-electron chi connectivity index (χ1n) is 4.19. The molecule has 0 aliphatic heterocycles. The van der Waals surface area contributed by atoms with Crippen LogP contribution in [0.25, 0.3) is 0 Å². The highest BCUT2D eigenvalue weighted by Gasteiger charge is 1.99. The van der Waals surface area contributed by atoms with Crippen molar-refractivity contribution in [3.8, 4) is 5.75 Å². The summed E-state index contributed by atoms with van der Waals surface area (Å²) in [5.41, 5.74) is 1.06. The summed E-state index contributed by atoms with van der Waals surface area (Å²) < 4.78 is 10.5. The monoisotopic (exact) mass is 178 g/mol. The third-order valence-electron chi connectivity index (χ3n) is 1.69. The second-order valence-electron chi connectivity index (χ2n) is 2.62. The predicted octanol–water partition coefficient (Wildman–Crippen LogP) is 2.40. The highest BCUT2D eigenvalue weighted by molar-refractivity contribution is 5.32. The van der Waals surface area contributed by atoms with Crippen molar-refractivity contribution in [3.05, 3.63) is 42.5 Å². The number of para-hydroxylation sites is 1. The molecule has 0 N–H and O–H groups in total. The van der Waals surface area contributed by atoms with Gasteiger partial charge in [0.2, 0.25) is 0 Å². The van der Waals surface area contributed by atoms with E-state index >= 15 is 0 Å². The van der Waals surface area contributed by atoms with Gasteiger partial charge in [-0.05, 0) is 6.07 Å². The van der Waals surface area contributed by atoms with Crippen LogP contribution in [0.2, 0.25) is 0 Å². The summed E-state index contributed by atoms with van der Waals surface area (Å²) in [5.74, 6) is 0.867. The zero-order valence-electron chi connectivity index (χ0n) is 7.82. The van der Waals surface area contributed by atoms with Crippen LogP contribution >= 0.6 is 0 Å². The van der Waals surface area contributed by atoms with Crippen LogP contribution in [0.5, 0.6) is 5.75 Å². The topological polar surface area (TPSA) is 18.5 Å². The summed E-state index contributed by atoms with van der Waals surface area (Å²) in [6.07, 6.45) is 1.73. The zero-order valence-corrected chi connectivity index (χ0v) is 7.82. The van der Waals surface area contributed by atoms with Crippen molar-refractivity contribution in [2.45, 2.75) is 6.61 Å². The van der Waals surface area contributed by atoms with Gasteiger partial charge < -0.3 is 9.47 Å². The van der Waals surface area contributed by atoms with E-state index in [1.54, 1.807) is 13.2 Å². The lowest BCUT2D eigenvalue weighted by Gasteiger charge is -2.07. The fourth-order valence-corrected chi connectivity index (χ4v) is 1.07. The van der Waals surface area contributed by atoms with Gasteiger partial charge in [0.1, 0.15) is 5.75 Å². The molecule has 0 aromatic heterocycles. The Kier molecular flexibility index (Phi) is 4.06.